The third kappa shape index (κ3) is 4.49. The van der Waals surface area contributed by atoms with Crippen LogP contribution in [0.4, 0.5) is 0 Å². The number of hydrogen-bond acceptors (Lipinski definition) is 7. The summed E-state index contributed by atoms with van der Waals surface area (Å²) in [6.07, 6.45) is 0.156. The number of amides is 1. The Morgan fingerprint density at radius 1 is 1.09 bits per heavy atom. The predicted octanol–water partition coefficient (Wildman–Crippen LogP) is 2.78. The summed E-state index contributed by atoms with van der Waals surface area (Å²) in [4.78, 5) is 19.3. The van der Waals surface area contributed by atoms with Crippen molar-refractivity contribution < 1.29 is 21.6 Å². The number of nitrogens with one attached hydrogen (secondary N) is 3. The van der Waals surface area contributed by atoms with Crippen LogP contribution in [-0.4, -0.2) is 32.7 Å². The quantitative estimate of drug-likeness (QED) is 0.345. The van der Waals surface area contributed by atoms with E-state index in [4.69, 9.17) is 0 Å². The summed E-state index contributed by atoms with van der Waals surface area (Å²) in [6, 6.07) is 16.7. The van der Waals surface area contributed by atoms with Crippen molar-refractivity contribution in [2.45, 2.75) is 28.3 Å². The van der Waals surface area contributed by atoms with Crippen molar-refractivity contribution in [2.24, 2.45) is 0 Å². The third-order valence-electron chi connectivity index (χ3n) is 5.59. The molecule has 1 fully saturated rings. The number of thiophene rings is 1. The van der Waals surface area contributed by atoms with Gasteiger partial charge >= 0.3 is 0 Å². The predicted molar refractivity (Wildman–Crippen MR) is 128 cm³/mol. The molecule has 4 aromatic rings. The van der Waals surface area contributed by atoms with E-state index in [1.54, 1.807) is 35.7 Å². The van der Waals surface area contributed by atoms with Gasteiger partial charge in [-0.1, -0.05) is 42.5 Å². The van der Waals surface area contributed by atoms with Gasteiger partial charge in [0.25, 0.3) is 10.0 Å². The van der Waals surface area contributed by atoms with Gasteiger partial charge in [0.1, 0.15) is 15.3 Å². The number of benzene rings is 2. The van der Waals surface area contributed by atoms with Gasteiger partial charge in [-0.15, -0.1) is 11.3 Å². The van der Waals surface area contributed by atoms with Crippen molar-refractivity contribution >= 4 is 48.3 Å². The Morgan fingerprint density at radius 3 is 2.50 bits per heavy atom. The number of H-pyrrole nitrogens is 1. The number of sulfonamides is 2. The first-order chi connectivity index (χ1) is 16.2. The van der Waals surface area contributed by atoms with Gasteiger partial charge in [0.2, 0.25) is 15.9 Å². The molecule has 9 nitrogen and oxygen atoms in total. The molecule has 2 aromatic carbocycles. The van der Waals surface area contributed by atoms with Gasteiger partial charge < -0.3 is 4.98 Å². The number of rotatable bonds is 7. The molecule has 34 heavy (non-hydrogen) atoms. The van der Waals surface area contributed by atoms with Crippen LogP contribution in [0.25, 0.3) is 11.0 Å². The summed E-state index contributed by atoms with van der Waals surface area (Å²) in [5, 5.41) is 0.762. The van der Waals surface area contributed by atoms with Crippen LogP contribution in [0.3, 0.4) is 0 Å². The molecule has 1 unspecified atom stereocenters. The Bertz CT molecular complexity index is 1530. The summed E-state index contributed by atoms with van der Waals surface area (Å²) >= 11 is 1.12. The normalized spacial score (nSPS) is 18.7. The highest BCUT2D eigenvalue weighted by atomic mass is 32.2. The molecule has 176 valence electrons. The number of carbonyl (C=O) groups excluding carboxylic acids is 1. The average molecular weight is 517 g/mol. The number of aromatic nitrogens is 2. The SMILES string of the molecule is O=C1CC(c2ccc(C[C@H](NS(=O)(=O)c3cccs3)c3nc4ccccc4[nH]3)cc2)S(=O)(=O)N1. The molecule has 2 aromatic heterocycles. The molecule has 1 amide bonds. The van der Waals surface area contributed by atoms with Gasteiger partial charge in [-0.2, -0.15) is 4.72 Å². The maximum Gasteiger partial charge on any atom is 0.250 e. The van der Waals surface area contributed by atoms with Crippen LogP contribution in [0.2, 0.25) is 0 Å². The van der Waals surface area contributed by atoms with Crippen LogP contribution in [-0.2, 0) is 31.3 Å². The van der Waals surface area contributed by atoms with Crippen LogP contribution in [0.5, 0.6) is 0 Å². The van der Waals surface area contributed by atoms with Crippen LogP contribution in [0.1, 0.15) is 34.7 Å². The van der Waals surface area contributed by atoms with Crippen molar-refractivity contribution in [1.29, 1.82) is 0 Å². The number of nitrogens with zero attached hydrogens (tertiary/aromatic N) is 1. The van der Waals surface area contributed by atoms with Gasteiger partial charge in [-0.05, 0) is 41.1 Å². The van der Waals surface area contributed by atoms with E-state index in [-0.39, 0.29) is 17.1 Å². The van der Waals surface area contributed by atoms with Gasteiger partial charge in [0, 0.05) is 0 Å². The number of para-hydroxylation sites is 2. The lowest BCUT2D eigenvalue weighted by Crippen LogP contribution is -2.30. The second kappa shape index (κ2) is 8.62. The molecule has 1 aliphatic rings. The van der Waals surface area contributed by atoms with Crippen molar-refractivity contribution in [2.75, 3.05) is 0 Å². The molecule has 0 radical (unpaired) electrons. The van der Waals surface area contributed by atoms with Gasteiger partial charge in [-0.25, -0.2) is 21.8 Å². The molecule has 0 spiro atoms. The minimum Gasteiger partial charge on any atom is -0.341 e. The van der Waals surface area contributed by atoms with E-state index in [0.717, 1.165) is 27.9 Å². The lowest BCUT2D eigenvalue weighted by molar-refractivity contribution is -0.118. The van der Waals surface area contributed by atoms with E-state index >= 15 is 0 Å². The first-order valence-corrected chi connectivity index (χ1v) is 14.3. The zero-order chi connectivity index (χ0) is 23.9. The third-order valence-corrected chi connectivity index (χ3v) is 10.2. The van der Waals surface area contributed by atoms with Crippen LogP contribution in [0, 0.1) is 0 Å². The molecule has 0 aliphatic carbocycles. The fourth-order valence-corrected chi connectivity index (χ4v) is 7.58. The van der Waals surface area contributed by atoms with Crippen molar-refractivity contribution in [3.8, 4) is 0 Å². The Hall–Kier alpha value is -3.06. The summed E-state index contributed by atoms with van der Waals surface area (Å²) in [6.45, 7) is 0. The van der Waals surface area contributed by atoms with Crippen molar-refractivity contribution in [3.05, 3.63) is 83.0 Å². The van der Waals surface area contributed by atoms with Gasteiger partial charge in [-0.3, -0.25) is 9.52 Å². The van der Waals surface area contributed by atoms with Crippen molar-refractivity contribution in [1.82, 2.24) is 19.4 Å². The smallest absolute Gasteiger partial charge is 0.250 e. The second-order valence-corrected chi connectivity index (χ2v) is 12.7. The average Bonchev–Trinajstić information content (AvgIpc) is 3.52. The maximum atomic E-state index is 13.0. The highest BCUT2D eigenvalue weighted by molar-refractivity contribution is 7.91. The number of aromatic amines is 1. The van der Waals surface area contributed by atoms with E-state index in [9.17, 15) is 21.6 Å². The van der Waals surface area contributed by atoms with E-state index in [1.165, 1.54) is 6.07 Å². The number of imidazole rings is 1. The number of hydrogen-bond donors (Lipinski definition) is 3. The summed E-state index contributed by atoms with van der Waals surface area (Å²) in [5.41, 5.74) is 2.79. The van der Waals surface area contributed by atoms with Crippen LogP contribution >= 0.6 is 11.3 Å². The number of fused-ring (bicyclic) bond motifs is 1. The Morgan fingerprint density at radius 2 is 1.85 bits per heavy atom. The zero-order valence-electron chi connectivity index (χ0n) is 17.6. The molecule has 1 aliphatic heterocycles. The molecule has 0 bridgehead atoms. The lowest BCUT2D eigenvalue weighted by atomic mass is 10.0. The first-order valence-electron chi connectivity index (χ1n) is 10.3. The molecule has 2 atom stereocenters. The Labute approximate surface area is 200 Å². The molecule has 3 N–H and O–H groups in total. The molecular weight excluding hydrogens is 496 g/mol. The van der Waals surface area contributed by atoms with E-state index in [1.807, 2.05) is 29.0 Å². The Kier molecular flexibility index (Phi) is 5.76. The standard InChI is InChI=1S/C22H20N4O5S3/c27-20-13-19(33(28,29)26-20)15-9-7-14(8-10-15)12-18(25-34(30,31)21-6-3-11-32-21)22-23-16-4-1-2-5-17(16)24-22/h1-11,18-19,25H,12-13H2,(H,23,24)(H,26,27)/t18-,19?/m0/s1. The lowest BCUT2D eigenvalue weighted by Gasteiger charge is -2.17. The first kappa shape index (κ1) is 22.7. The maximum absolute atomic E-state index is 13.0. The topological polar surface area (TPSA) is 138 Å². The molecule has 12 heteroatoms. The minimum atomic E-state index is -3.78. The fraction of sp³-hybridized carbons (Fsp3) is 0.182. The van der Waals surface area contributed by atoms with E-state index in [0.29, 0.717) is 11.4 Å². The Balaban J connectivity index is 1.45. The van der Waals surface area contributed by atoms with E-state index in [2.05, 4.69) is 14.7 Å². The van der Waals surface area contributed by atoms with Gasteiger partial charge in [0.05, 0.1) is 23.5 Å². The van der Waals surface area contributed by atoms with Crippen molar-refractivity contribution in [3.63, 3.8) is 0 Å². The van der Waals surface area contributed by atoms with Crippen LogP contribution in [0.15, 0.2) is 70.3 Å². The zero-order valence-corrected chi connectivity index (χ0v) is 20.1. The number of carbonyl (C=O) groups is 1. The molecule has 3 heterocycles. The fourth-order valence-electron chi connectivity index (χ4n) is 3.94. The minimum absolute atomic E-state index is 0.121. The second-order valence-electron chi connectivity index (χ2n) is 7.95. The van der Waals surface area contributed by atoms with E-state index < -0.39 is 37.2 Å². The summed E-state index contributed by atoms with van der Waals surface area (Å²) < 4.78 is 55.2. The monoisotopic (exact) mass is 516 g/mol. The van der Waals surface area contributed by atoms with Crippen LogP contribution < -0.4 is 9.44 Å². The molecular formula is C22H20N4O5S3. The molecule has 5 rings (SSSR count). The highest BCUT2D eigenvalue weighted by Crippen LogP contribution is 2.31. The summed E-state index contributed by atoms with van der Waals surface area (Å²) in [7, 11) is -7.52. The highest BCUT2D eigenvalue weighted by Gasteiger charge is 2.37. The summed E-state index contributed by atoms with van der Waals surface area (Å²) in [5.74, 6) is -0.0550. The molecule has 0 saturated carbocycles. The van der Waals surface area contributed by atoms with Gasteiger partial charge in [0.15, 0.2) is 0 Å². The molecule has 1 saturated heterocycles. The largest absolute Gasteiger partial charge is 0.341 e.